The maximum atomic E-state index is 11.0. The van der Waals surface area contributed by atoms with E-state index in [0.29, 0.717) is 5.82 Å². The second-order valence-electron chi connectivity index (χ2n) is 3.93. The first-order chi connectivity index (χ1) is 7.69. The summed E-state index contributed by atoms with van der Waals surface area (Å²) in [4.78, 5) is 12.8. The Morgan fingerprint density at radius 3 is 2.69 bits per heavy atom. The van der Waals surface area contributed by atoms with Gasteiger partial charge in [0.25, 0.3) is 0 Å². The molecule has 1 aromatic heterocycles. The maximum Gasteiger partial charge on any atom is 0.219 e. The Bertz CT molecular complexity index is 311. The van der Waals surface area contributed by atoms with Gasteiger partial charge in [-0.05, 0) is 6.42 Å². The first-order valence-corrected chi connectivity index (χ1v) is 5.67. The van der Waals surface area contributed by atoms with Gasteiger partial charge in [0.05, 0.1) is 0 Å². The number of rotatable bonds is 1. The van der Waals surface area contributed by atoms with Crippen LogP contribution in [0.3, 0.4) is 0 Å². The summed E-state index contributed by atoms with van der Waals surface area (Å²) >= 11 is 0. The van der Waals surface area contributed by atoms with Crippen LogP contribution in [0.4, 0.5) is 0 Å². The smallest absolute Gasteiger partial charge is 0.219 e. The average Bonchev–Trinajstić information content (AvgIpc) is 2.90. The molecule has 1 aliphatic rings. The third-order valence-corrected chi connectivity index (χ3v) is 2.36. The summed E-state index contributed by atoms with van der Waals surface area (Å²) in [5, 5.41) is 13.7. The number of hydrogen-bond donors (Lipinski definition) is 1. The Morgan fingerprint density at radius 1 is 1.56 bits per heavy atom. The minimum Gasteiger partial charge on any atom is -0.342 e. The van der Waals surface area contributed by atoms with Crippen molar-refractivity contribution in [3.63, 3.8) is 0 Å². The molecule has 6 heteroatoms. The molecule has 1 unspecified atom stereocenters. The number of aromatic nitrogens is 4. The largest absolute Gasteiger partial charge is 0.342 e. The lowest BCUT2D eigenvalue weighted by Crippen LogP contribution is -2.25. The normalized spacial score (nSPS) is 19.2. The quantitative estimate of drug-likeness (QED) is 0.772. The summed E-state index contributed by atoms with van der Waals surface area (Å²) < 4.78 is 0. The second kappa shape index (κ2) is 6.19. The lowest BCUT2D eigenvalue weighted by Gasteiger charge is -2.11. The Balaban J connectivity index is 0.000000386. The standard InChI is InChI=1S/C7H11N5O.C3H8/c1-5(13)12-3-2-6(4-12)7-8-10-11-9-7;1-3-2/h6H,2-4H2,1H3,(H,8,9,10,11);3H2,1-2H3. The number of carbonyl (C=O) groups is 1. The van der Waals surface area contributed by atoms with Crippen molar-refractivity contribution in [2.45, 2.75) is 39.5 Å². The molecule has 0 radical (unpaired) electrons. The molecule has 1 amide bonds. The first kappa shape index (κ1) is 12.6. The van der Waals surface area contributed by atoms with Gasteiger partial charge in [0.2, 0.25) is 5.91 Å². The van der Waals surface area contributed by atoms with E-state index in [0.717, 1.165) is 19.5 Å². The van der Waals surface area contributed by atoms with Gasteiger partial charge in [-0.2, -0.15) is 5.21 Å². The minimum atomic E-state index is 0.117. The van der Waals surface area contributed by atoms with Crippen LogP contribution in [0.1, 0.15) is 45.4 Å². The van der Waals surface area contributed by atoms with Gasteiger partial charge in [-0.25, -0.2) is 0 Å². The van der Waals surface area contributed by atoms with Gasteiger partial charge in [0.1, 0.15) is 0 Å². The summed E-state index contributed by atoms with van der Waals surface area (Å²) in [6, 6.07) is 0. The van der Waals surface area contributed by atoms with Crippen LogP contribution < -0.4 is 0 Å². The van der Waals surface area contributed by atoms with Crippen molar-refractivity contribution in [3.05, 3.63) is 5.82 Å². The topological polar surface area (TPSA) is 74.8 Å². The lowest BCUT2D eigenvalue weighted by molar-refractivity contribution is -0.127. The van der Waals surface area contributed by atoms with Gasteiger partial charge < -0.3 is 4.90 Å². The highest BCUT2D eigenvalue weighted by atomic mass is 16.2. The predicted octanol–water partition coefficient (Wildman–Crippen LogP) is 0.952. The summed E-state index contributed by atoms with van der Waals surface area (Å²) in [5.41, 5.74) is 0. The van der Waals surface area contributed by atoms with Crippen LogP contribution in [0.5, 0.6) is 0 Å². The van der Waals surface area contributed by atoms with Crippen LogP contribution >= 0.6 is 0 Å². The van der Waals surface area contributed by atoms with Gasteiger partial charge in [-0.15, -0.1) is 10.2 Å². The number of aromatic amines is 1. The van der Waals surface area contributed by atoms with Crippen LogP contribution in [0.25, 0.3) is 0 Å². The number of nitrogens with one attached hydrogen (secondary N) is 1. The zero-order valence-electron chi connectivity index (χ0n) is 10.1. The molecule has 0 spiro atoms. The predicted molar refractivity (Wildman–Crippen MR) is 59.8 cm³/mol. The molecule has 6 nitrogen and oxygen atoms in total. The molecule has 2 heterocycles. The molecule has 90 valence electrons. The molecule has 0 aliphatic carbocycles. The monoisotopic (exact) mass is 225 g/mol. The van der Waals surface area contributed by atoms with Crippen molar-refractivity contribution < 1.29 is 4.79 Å². The van der Waals surface area contributed by atoms with Crippen molar-refractivity contribution in [2.75, 3.05) is 13.1 Å². The molecule has 1 aromatic rings. The van der Waals surface area contributed by atoms with Crippen LogP contribution in [0.2, 0.25) is 0 Å². The fourth-order valence-corrected chi connectivity index (χ4v) is 1.60. The third kappa shape index (κ3) is 3.29. The SMILES string of the molecule is CC(=O)N1CCC(c2nn[nH]n2)C1.CCC. The highest BCUT2D eigenvalue weighted by Gasteiger charge is 2.27. The highest BCUT2D eigenvalue weighted by Crippen LogP contribution is 2.23. The Labute approximate surface area is 95.4 Å². The molecule has 2 rings (SSSR count). The number of hydrogen-bond acceptors (Lipinski definition) is 4. The number of likely N-dealkylation sites (tertiary alicyclic amines) is 1. The molecule has 0 bridgehead atoms. The van der Waals surface area contributed by atoms with Gasteiger partial charge in [0.15, 0.2) is 5.82 Å². The van der Waals surface area contributed by atoms with Crippen molar-refractivity contribution in [3.8, 4) is 0 Å². The van der Waals surface area contributed by atoms with E-state index in [1.807, 2.05) is 0 Å². The molecular formula is C10H19N5O. The van der Waals surface area contributed by atoms with E-state index in [1.165, 1.54) is 6.42 Å². The Hall–Kier alpha value is -1.46. The van der Waals surface area contributed by atoms with E-state index in [4.69, 9.17) is 0 Å². The number of carbonyl (C=O) groups excluding carboxylic acids is 1. The third-order valence-electron chi connectivity index (χ3n) is 2.36. The van der Waals surface area contributed by atoms with E-state index in [-0.39, 0.29) is 11.8 Å². The molecule has 1 N–H and O–H groups in total. The Morgan fingerprint density at radius 2 is 2.25 bits per heavy atom. The van der Waals surface area contributed by atoms with Crippen LogP contribution in [-0.4, -0.2) is 44.5 Å². The van der Waals surface area contributed by atoms with Crippen molar-refractivity contribution in [1.82, 2.24) is 25.5 Å². The number of amides is 1. The zero-order chi connectivity index (χ0) is 12.0. The lowest BCUT2D eigenvalue weighted by atomic mass is 10.1. The molecule has 16 heavy (non-hydrogen) atoms. The molecule has 1 aliphatic heterocycles. The molecule has 1 saturated heterocycles. The highest BCUT2D eigenvalue weighted by molar-refractivity contribution is 5.73. The van der Waals surface area contributed by atoms with Crippen molar-refractivity contribution in [2.24, 2.45) is 0 Å². The summed E-state index contributed by atoms with van der Waals surface area (Å²) in [6.07, 6.45) is 2.18. The van der Waals surface area contributed by atoms with E-state index >= 15 is 0 Å². The van der Waals surface area contributed by atoms with Gasteiger partial charge in [-0.1, -0.05) is 25.5 Å². The van der Waals surface area contributed by atoms with E-state index < -0.39 is 0 Å². The molecule has 1 fully saturated rings. The fourth-order valence-electron chi connectivity index (χ4n) is 1.60. The van der Waals surface area contributed by atoms with Gasteiger partial charge in [-0.3, -0.25) is 4.79 Å². The van der Waals surface area contributed by atoms with Crippen LogP contribution in [-0.2, 0) is 4.79 Å². The summed E-state index contributed by atoms with van der Waals surface area (Å²) in [5.74, 6) is 1.08. The number of nitrogens with zero attached hydrogens (tertiary/aromatic N) is 4. The summed E-state index contributed by atoms with van der Waals surface area (Å²) in [6.45, 7) is 7.35. The fraction of sp³-hybridized carbons (Fsp3) is 0.800. The minimum absolute atomic E-state index is 0.117. The van der Waals surface area contributed by atoms with Crippen LogP contribution in [0.15, 0.2) is 0 Å². The maximum absolute atomic E-state index is 11.0. The van der Waals surface area contributed by atoms with Crippen molar-refractivity contribution >= 4 is 5.91 Å². The zero-order valence-corrected chi connectivity index (χ0v) is 10.1. The molecule has 1 atom stereocenters. The number of tetrazole rings is 1. The Kier molecular flexibility index (Phi) is 4.88. The van der Waals surface area contributed by atoms with E-state index in [9.17, 15) is 4.79 Å². The number of H-pyrrole nitrogens is 1. The second-order valence-corrected chi connectivity index (χ2v) is 3.93. The molecule has 0 saturated carbocycles. The summed E-state index contributed by atoms with van der Waals surface area (Å²) in [7, 11) is 0. The van der Waals surface area contributed by atoms with E-state index in [1.54, 1.807) is 11.8 Å². The van der Waals surface area contributed by atoms with Crippen LogP contribution in [0, 0.1) is 0 Å². The first-order valence-electron chi connectivity index (χ1n) is 5.67. The van der Waals surface area contributed by atoms with Gasteiger partial charge >= 0.3 is 0 Å². The van der Waals surface area contributed by atoms with E-state index in [2.05, 4.69) is 34.5 Å². The molecule has 0 aromatic carbocycles. The molecular weight excluding hydrogens is 206 g/mol. The van der Waals surface area contributed by atoms with Gasteiger partial charge in [0, 0.05) is 25.9 Å². The average molecular weight is 225 g/mol. The van der Waals surface area contributed by atoms with Crippen molar-refractivity contribution in [1.29, 1.82) is 0 Å².